The molecule has 0 unspecified atom stereocenters. The smallest absolute Gasteiger partial charge is 0.256 e. The fourth-order valence-corrected chi connectivity index (χ4v) is 1.07. The third kappa shape index (κ3) is 2.21. The van der Waals surface area contributed by atoms with Crippen molar-refractivity contribution in [1.82, 2.24) is 15.1 Å². The number of aromatic nitrogens is 2. The predicted molar refractivity (Wildman–Crippen MR) is 50.6 cm³/mol. The van der Waals surface area contributed by atoms with Crippen molar-refractivity contribution >= 4 is 11.7 Å². The van der Waals surface area contributed by atoms with Gasteiger partial charge in [0, 0.05) is 12.7 Å². The highest BCUT2D eigenvalue weighted by atomic mass is 19.1. The molecule has 0 radical (unpaired) electrons. The van der Waals surface area contributed by atoms with E-state index >= 15 is 0 Å². The molecular weight excluding hydrogens is 187 g/mol. The number of alkyl halides is 1. The van der Waals surface area contributed by atoms with E-state index in [4.69, 9.17) is 5.73 Å². The van der Waals surface area contributed by atoms with Crippen LogP contribution in [0, 0.1) is 0 Å². The average molecular weight is 200 g/mol. The molecule has 0 saturated heterocycles. The first kappa shape index (κ1) is 10.5. The molecule has 5 nitrogen and oxygen atoms in total. The van der Waals surface area contributed by atoms with Crippen LogP contribution in [0.1, 0.15) is 17.3 Å². The number of nitrogens with two attached hydrogens (primary N) is 1. The van der Waals surface area contributed by atoms with E-state index in [2.05, 4.69) is 10.4 Å². The fourth-order valence-electron chi connectivity index (χ4n) is 1.07. The number of hydrogen-bond acceptors (Lipinski definition) is 3. The maximum Gasteiger partial charge on any atom is 0.256 e. The summed E-state index contributed by atoms with van der Waals surface area (Å²) in [6, 6.07) is 0. The molecule has 1 aromatic heterocycles. The van der Waals surface area contributed by atoms with Crippen molar-refractivity contribution in [3.63, 3.8) is 0 Å². The minimum absolute atomic E-state index is 0.115. The molecule has 78 valence electrons. The van der Waals surface area contributed by atoms with Crippen molar-refractivity contribution in [3.8, 4) is 0 Å². The number of anilines is 1. The Morgan fingerprint density at radius 1 is 1.79 bits per heavy atom. The summed E-state index contributed by atoms with van der Waals surface area (Å²) in [5.41, 5.74) is 5.78. The van der Waals surface area contributed by atoms with E-state index in [-0.39, 0.29) is 18.3 Å². The van der Waals surface area contributed by atoms with Crippen LogP contribution in [-0.4, -0.2) is 28.9 Å². The molecule has 0 aliphatic rings. The van der Waals surface area contributed by atoms with Crippen LogP contribution >= 0.6 is 0 Å². The Bertz CT molecular complexity index is 323. The van der Waals surface area contributed by atoms with Gasteiger partial charge >= 0.3 is 0 Å². The van der Waals surface area contributed by atoms with E-state index in [0.29, 0.717) is 12.1 Å². The molecular formula is C8H13FN4O. The SMILES string of the molecule is CCNC(=O)c1cn(CCF)nc1N. The first-order chi connectivity index (χ1) is 6.69. The maximum atomic E-state index is 12.0. The molecule has 0 bridgehead atoms. The summed E-state index contributed by atoms with van der Waals surface area (Å²) in [6.07, 6.45) is 1.44. The molecule has 14 heavy (non-hydrogen) atoms. The van der Waals surface area contributed by atoms with Crippen molar-refractivity contribution < 1.29 is 9.18 Å². The normalized spacial score (nSPS) is 10.1. The van der Waals surface area contributed by atoms with E-state index in [1.165, 1.54) is 10.9 Å². The number of rotatable bonds is 4. The standard InChI is InChI=1S/C8H13FN4O/c1-2-11-8(14)6-5-13(4-3-9)12-7(6)10/h5H,2-4H2,1H3,(H2,10,12)(H,11,14). The second-order valence-corrected chi connectivity index (χ2v) is 2.74. The van der Waals surface area contributed by atoms with E-state index in [1.807, 2.05) is 0 Å². The number of nitrogen functional groups attached to an aromatic ring is 1. The molecule has 0 fully saturated rings. The summed E-state index contributed by atoms with van der Waals surface area (Å²) < 4.78 is 13.3. The van der Waals surface area contributed by atoms with Crippen LogP contribution in [0.3, 0.4) is 0 Å². The largest absolute Gasteiger partial charge is 0.382 e. The lowest BCUT2D eigenvalue weighted by atomic mass is 10.3. The summed E-state index contributed by atoms with van der Waals surface area (Å²) >= 11 is 0. The van der Waals surface area contributed by atoms with Crippen LogP contribution in [-0.2, 0) is 6.54 Å². The van der Waals surface area contributed by atoms with Gasteiger partial charge < -0.3 is 11.1 Å². The summed E-state index contributed by atoms with van der Waals surface area (Å²) in [4.78, 5) is 11.3. The van der Waals surface area contributed by atoms with Crippen molar-refractivity contribution in [2.24, 2.45) is 0 Å². The lowest BCUT2D eigenvalue weighted by Crippen LogP contribution is -2.23. The number of carbonyl (C=O) groups is 1. The second kappa shape index (κ2) is 4.59. The molecule has 0 aliphatic heterocycles. The second-order valence-electron chi connectivity index (χ2n) is 2.74. The van der Waals surface area contributed by atoms with Crippen LogP contribution in [0.2, 0.25) is 0 Å². The van der Waals surface area contributed by atoms with Crippen molar-refractivity contribution in [1.29, 1.82) is 0 Å². The Hall–Kier alpha value is -1.59. The number of carbonyl (C=O) groups excluding carboxylic acids is 1. The van der Waals surface area contributed by atoms with Crippen LogP contribution < -0.4 is 11.1 Å². The van der Waals surface area contributed by atoms with Crippen LogP contribution in [0.25, 0.3) is 0 Å². The molecule has 0 spiro atoms. The van der Waals surface area contributed by atoms with Crippen molar-refractivity contribution in [2.45, 2.75) is 13.5 Å². The zero-order chi connectivity index (χ0) is 10.6. The van der Waals surface area contributed by atoms with Gasteiger partial charge in [-0.15, -0.1) is 0 Å². The summed E-state index contributed by atoms with van der Waals surface area (Å²) in [7, 11) is 0. The Balaban J connectivity index is 2.81. The molecule has 3 N–H and O–H groups in total. The van der Waals surface area contributed by atoms with Gasteiger partial charge in [-0.1, -0.05) is 0 Å². The zero-order valence-corrected chi connectivity index (χ0v) is 7.96. The monoisotopic (exact) mass is 200 g/mol. The molecule has 1 aromatic rings. The van der Waals surface area contributed by atoms with Gasteiger partial charge in [-0.05, 0) is 6.92 Å². The predicted octanol–water partition coefficient (Wildman–Crippen LogP) is 0.184. The van der Waals surface area contributed by atoms with Gasteiger partial charge in [0.05, 0.1) is 6.54 Å². The quantitative estimate of drug-likeness (QED) is 0.728. The molecule has 6 heteroatoms. The maximum absolute atomic E-state index is 12.0. The fraction of sp³-hybridized carbons (Fsp3) is 0.500. The highest BCUT2D eigenvalue weighted by Gasteiger charge is 2.12. The third-order valence-electron chi connectivity index (χ3n) is 1.69. The van der Waals surface area contributed by atoms with E-state index < -0.39 is 6.67 Å². The van der Waals surface area contributed by atoms with Gasteiger partial charge in [-0.25, -0.2) is 4.39 Å². The molecule has 0 aliphatic carbocycles. The van der Waals surface area contributed by atoms with Gasteiger partial charge in [-0.3, -0.25) is 9.48 Å². The number of halogens is 1. The van der Waals surface area contributed by atoms with Crippen LogP contribution in [0.15, 0.2) is 6.20 Å². The number of hydrogen-bond donors (Lipinski definition) is 2. The van der Waals surface area contributed by atoms with Gasteiger partial charge in [-0.2, -0.15) is 5.10 Å². The molecule has 1 rings (SSSR count). The molecule has 1 amide bonds. The van der Waals surface area contributed by atoms with Crippen molar-refractivity contribution in [3.05, 3.63) is 11.8 Å². The number of aryl methyl sites for hydroxylation is 1. The Morgan fingerprint density at radius 3 is 3.07 bits per heavy atom. The van der Waals surface area contributed by atoms with Gasteiger partial charge in [0.25, 0.3) is 5.91 Å². The summed E-state index contributed by atoms with van der Waals surface area (Å²) in [5, 5.41) is 6.39. The highest BCUT2D eigenvalue weighted by Crippen LogP contribution is 2.08. The third-order valence-corrected chi connectivity index (χ3v) is 1.69. The first-order valence-electron chi connectivity index (χ1n) is 4.36. The van der Waals surface area contributed by atoms with E-state index in [9.17, 15) is 9.18 Å². The summed E-state index contributed by atoms with van der Waals surface area (Å²) in [6.45, 7) is 1.91. The minimum Gasteiger partial charge on any atom is -0.382 e. The first-order valence-corrected chi connectivity index (χ1v) is 4.36. The molecule has 1 heterocycles. The Labute approximate surface area is 81.1 Å². The number of nitrogens with one attached hydrogen (secondary N) is 1. The number of nitrogens with zero attached hydrogens (tertiary/aromatic N) is 2. The van der Waals surface area contributed by atoms with E-state index in [1.54, 1.807) is 6.92 Å². The van der Waals surface area contributed by atoms with Crippen LogP contribution in [0.5, 0.6) is 0 Å². The van der Waals surface area contributed by atoms with Gasteiger partial charge in [0.2, 0.25) is 0 Å². The van der Waals surface area contributed by atoms with E-state index in [0.717, 1.165) is 0 Å². The molecule has 0 atom stereocenters. The Kier molecular flexibility index (Phi) is 3.44. The topological polar surface area (TPSA) is 72.9 Å². The Morgan fingerprint density at radius 2 is 2.50 bits per heavy atom. The average Bonchev–Trinajstić information content (AvgIpc) is 2.48. The van der Waals surface area contributed by atoms with Crippen molar-refractivity contribution in [2.75, 3.05) is 19.0 Å². The van der Waals surface area contributed by atoms with Gasteiger partial charge in [0.15, 0.2) is 5.82 Å². The number of amides is 1. The minimum atomic E-state index is -0.532. The molecule has 0 saturated carbocycles. The van der Waals surface area contributed by atoms with Gasteiger partial charge in [0.1, 0.15) is 12.2 Å². The lowest BCUT2D eigenvalue weighted by molar-refractivity contribution is 0.0956. The molecule has 0 aromatic carbocycles. The van der Waals surface area contributed by atoms with Crippen LogP contribution in [0.4, 0.5) is 10.2 Å². The summed E-state index contributed by atoms with van der Waals surface area (Å²) in [5.74, 6) is -0.153. The highest BCUT2D eigenvalue weighted by molar-refractivity contribution is 5.98. The lowest BCUT2D eigenvalue weighted by Gasteiger charge is -1.98. The zero-order valence-electron chi connectivity index (χ0n) is 7.96.